The number of para-hydroxylation sites is 1. The number of nitrogens with one attached hydrogen (secondary N) is 2. The van der Waals surface area contributed by atoms with E-state index in [1.807, 2.05) is 12.1 Å². The first-order chi connectivity index (χ1) is 15.1. The zero-order valence-corrected chi connectivity index (χ0v) is 17.0. The molecule has 0 aliphatic heterocycles. The van der Waals surface area contributed by atoms with E-state index in [0.29, 0.717) is 11.1 Å². The van der Waals surface area contributed by atoms with Crippen molar-refractivity contribution in [1.29, 1.82) is 0 Å². The van der Waals surface area contributed by atoms with E-state index in [9.17, 15) is 9.59 Å². The molecule has 4 rings (SSSR count). The zero-order chi connectivity index (χ0) is 21.6. The standard InChI is InChI=1S/C23H21N5O3/c1-2-3-5-15-8-10-16(11-9-15)12-13-21(30)24-18-7-4-6-17-19(29)14-20(31-22(17)18)23-25-27-28-26-23/h4,6-14H,2-3,5H2,1H3,(H,24,30)(H,25,26,27,28). The number of carbonyl (C=O) groups excluding carboxylic acids is 1. The number of rotatable bonds is 7. The average Bonchev–Trinajstić information content (AvgIpc) is 3.32. The van der Waals surface area contributed by atoms with Crippen LogP contribution in [0.2, 0.25) is 0 Å². The summed E-state index contributed by atoms with van der Waals surface area (Å²) >= 11 is 0. The summed E-state index contributed by atoms with van der Waals surface area (Å²) in [6.45, 7) is 2.17. The molecule has 0 atom stereocenters. The van der Waals surface area contributed by atoms with Crippen molar-refractivity contribution in [2.75, 3.05) is 5.32 Å². The Hall–Kier alpha value is -4.07. The van der Waals surface area contributed by atoms with Crippen molar-refractivity contribution in [3.8, 4) is 11.6 Å². The molecule has 0 spiro atoms. The molecule has 156 valence electrons. The van der Waals surface area contributed by atoms with Crippen molar-refractivity contribution in [1.82, 2.24) is 20.6 Å². The average molecular weight is 415 g/mol. The molecule has 0 fully saturated rings. The van der Waals surface area contributed by atoms with Crippen molar-refractivity contribution in [3.05, 3.63) is 76.0 Å². The highest BCUT2D eigenvalue weighted by molar-refractivity contribution is 6.06. The molecule has 0 aliphatic carbocycles. The molecule has 0 saturated carbocycles. The minimum absolute atomic E-state index is 0.155. The summed E-state index contributed by atoms with van der Waals surface area (Å²) in [6, 6.07) is 14.4. The Morgan fingerprint density at radius 2 is 2.03 bits per heavy atom. The third-order valence-corrected chi connectivity index (χ3v) is 4.80. The summed E-state index contributed by atoms with van der Waals surface area (Å²) in [5, 5.41) is 16.6. The van der Waals surface area contributed by atoms with Crippen LogP contribution in [0.25, 0.3) is 28.6 Å². The van der Waals surface area contributed by atoms with Crippen LogP contribution in [0.1, 0.15) is 30.9 Å². The van der Waals surface area contributed by atoms with Gasteiger partial charge in [-0.25, -0.2) is 0 Å². The van der Waals surface area contributed by atoms with Crippen LogP contribution in [0.15, 0.2) is 63.8 Å². The molecule has 1 amide bonds. The number of fused-ring (bicyclic) bond motifs is 1. The van der Waals surface area contributed by atoms with E-state index in [0.717, 1.165) is 24.8 Å². The number of nitrogens with zero attached hydrogens (tertiary/aromatic N) is 3. The van der Waals surface area contributed by atoms with E-state index in [1.54, 1.807) is 24.3 Å². The van der Waals surface area contributed by atoms with Crippen LogP contribution in [0.5, 0.6) is 0 Å². The lowest BCUT2D eigenvalue weighted by molar-refractivity contribution is -0.111. The molecule has 31 heavy (non-hydrogen) atoms. The van der Waals surface area contributed by atoms with Gasteiger partial charge in [-0.1, -0.05) is 43.7 Å². The Morgan fingerprint density at radius 1 is 1.19 bits per heavy atom. The van der Waals surface area contributed by atoms with Gasteiger partial charge in [-0.05, 0) is 47.4 Å². The fourth-order valence-electron chi connectivity index (χ4n) is 3.17. The van der Waals surface area contributed by atoms with E-state index in [2.05, 4.69) is 45.0 Å². The first kappa shape index (κ1) is 20.2. The molecule has 0 unspecified atom stereocenters. The molecule has 0 aliphatic rings. The maximum atomic E-state index is 12.5. The number of tetrazole rings is 1. The molecule has 2 heterocycles. The van der Waals surface area contributed by atoms with E-state index in [4.69, 9.17) is 4.42 Å². The summed E-state index contributed by atoms with van der Waals surface area (Å²) in [7, 11) is 0. The number of H-pyrrole nitrogens is 1. The molecule has 2 N–H and O–H groups in total. The van der Waals surface area contributed by atoms with Crippen molar-refractivity contribution in [3.63, 3.8) is 0 Å². The van der Waals surface area contributed by atoms with Crippen LogP contribution in [0.3, 0.4) is 0 Å². The summed E-state index contributed by atoms with van der Waals surface area (Å²) < 4.78 is 5.80. The number of benzene rings is 2. The van der Waals surface area contributed by atoms with Gasteiger partial charge in [0.15, 0.2) is 16.8 Å². The Labute approximate surface area is 178 Å². The van der Waals surface area contributed by atoms with E-state index < -0.39 is 0 Å². The normalized spacial score (nSPS) is 11.3. The van der Waals surface area contributed by atoms with Gasteiger partial charge in [0.2, 0.25) is 11.7 Å². The number of hydrogen-bond acceptors (Lipinski definition) is 6. The molecule has 0 bridgehead atoms. The second-order valence-corrected chi connectivity index (χ2v) is 7.06. The van der Waals surface area contributed by atoms with Gasteiger partial charge in [-0.3, -0.25) is 9.59 Å². The van der Waals surface area contributed by atoms with Crippen LogP contribution in [-0.4, -0.2) is 26.5 Å². The number of aryl methyl sites for hydroxylation is 1. The summed E-state index contributed by atoms with van der Waals surface area (Å²) in [6.07, 6.45) is 6.56. The Kier molecular flexibility index (Phi) is 5.98. The first-order valence-electron chi connectivity index (χ1n) is 10.0. The number of unbranched alkanes of at least 4 members (excludes halogenated alkanes) is 1. The van der Waals surface area contributed by atoms with Gasteiger partial charge >= 0.3 is 0 Å². The van der Waals surface area contributed by atoms with Crippen LogP contribution in [-0.2, 0) is 11.2 Å². The number of hydrogen-bond donors (Lipinski definition) is 2. The monoisotopic (exact) mass is 415 g/mol. The predicted octanol–water partition coefficient (Wildman–Crippen LogP) is 3.97. The van der Waals surface area contributed by atoms with Crippen LogP contribution in [0, 0.1) is 0 Å². The van der Waals surface area contributed by atoms with Crippen molar-refractivity contribution >= 4 is 28.6 Å². The number of aromatic nitrogens is 4. The van der Waals surface area contributed by atoms with E-state index >= 15 is 0 Å². The third-order valence-electron chi connectivity index (χ3n) is 4.80. The smallest absolute Gasteiger partial charge is 0.248 e. The largest absolute Gasteiger partial charge is 0.450 e. The maximum absolute atomic E-state index is 12.5. The highest BCUT2D eigenvalue weighted by atomic mass is 16.3. The Balaban J connectivity index is 1.54. The highest BCUT2D eigenvalue weighted by Crippen LogP contribution is 2.25. The lowest BCUT2D eigenvalue weighted by Crippen LogP contribution is -2.09. The van der Waals surface area contributed by atoms with Gasteiger partial charge < -0.3 is 9.73 Å². The van der Waals surface area contributed by atoms with Gasteiger partial charge in [0.25, 0.3) is 0 Å². The number of carbonyl (C=O) groups is 1. The minimum Gasteiger partial charge on any atom is -0.450 e. The maximum Gasteiger partial charge on any atom is 0.248 e. The Morgan fingerprint density at radius 3 is 2.77 bits per heavy atom. The van der Waals surface area contributed by atoms with Gasteiger partial charge in [0.1, 0.15) is 0 Å². The molecular weight excluding hydrogens is 394 g/mol. The van der Waals surface area contributed by atoms with E-state index in [-0.39, 0.29) is 28.5 Å². The fraction of sp³-hybridized carbons (Fsp3) is 0.174. The predicted molar refractivity (Wildman–Crippen MR) is 118 cm³/mol. The molecular formula is C23H21N5O3. The molecule has 2 aromatic carbocycles. The molecule has 8 heteroatoms. The molecule has 0 saturated heterocycles. The van der Waals surface area contributed by atoms with Gasteiger partial charge in [-0.15, -0.1) is 10.2 Å². The summed E-state index contributed by atoms with van der Waals surface area (Å²) in [4.78, 5) is 24.9. The lowest BCUT2D eigenvalue weighted by Gasteiger charge is -2.07. The highest BCUT2D eigenvalue weighted by Gasteiger charge is 2.13. The SMILES string of the molecule is CCCCc1ccc(C=CC(=O)Nc2cccc3c(=O)cc(-c4nn[nH]n4)oc23)cc1. The third kappa shape index (κ3) is 4.75. The minimum atomic E-state index is -0.338. The van der Waals surface area contributed by atoms with Gasteiger partial charge in [0, 0.05) is 12.1 Å². The second kappa shape index (κ2) is 9.17. The lowest BCUT2D eigenvalue weighted by atomic mass is 10.1. The number of anilines is 1. The van der Waals surface area contributed by atoms with Crippen molar-refractivity contribution in [2.24, 2.45) is 0 Å². The number of aromatic amines is 1. The van der Waals surface area contributed by atoms with E-state index in [1.165, 1.54) is 17.7 Å². The summed E-state index contributed by atoms with van der Waals surface area (Å²) in [5.41, 5.74) is 2.57. The van der Waals surface area contributed by atoms with Crippen molar-refractivity contribution < 1.29 is 9.21 Å². The van der Waals surface area contributed by atoms with Gasteiger partial charge in [0.05, 0.1) is 11.1 Å². The topological polar surface area (TPSA) is 114 Å². The van der Waals surface area contributed by atoms with Crippen LogP contribution >= 0.6 is 0 Å². The quantitative estimate of drug-likeness (QED) is 0.442. The molecule has 2 aromatic heterocycles. The van der Waals surface area contributed by atoms with Crippen LogP contribution < -0.4 is 10.7 Å². The molecule has 8 nitrogen and oxygen atoms in total. The van der Waals surface area contributed by atoms with Crippen LogP contribution in [0.4, 0.5) is 5.69 Å². The number of amides is 1. The molecule has 0 radical (unpaired) electrons. The van der Waals surface area contributed by atoms with Crippen molar-refractivity contribution in [2.45, 2.75) is 26.2 Å². The zero-order valence-electron chi connectivity index (χ0n) is 17.0. The first-order valence-corrected chi connectivity index (χ1v) is 10.0. The summed E-state index contributed by atoms with van der Waals surface area (Å²) in [5.74, 6) is -0.0239. The fourth-order valence-corrected chi connectivity index (χ4v) is 3.17. The Bertz CT molecular complexity index is 1280. The second-order valence-electron chi connectivity index (χ2n) is 7.06. The van der Waals surface area contributed by atoms with Gasteiger partial charge in [-0.2, -0.15) is 5.21 Å². The molecule has 4 aromatic rings.